The van der Waals surface area contributed by atoms with E-state index in [9.17, 15) is 14.0 Å². The molecule has 3 heterocycles. The van der Waals surface area contributed by atoms with Crippen molar-refractivity contribution in [1.29, 1.82) is 0 Å². The van der Waals surface area contributed by atoms with Crippen LogP contribution in [-0.4, -0.2) is 49.8 Å². The predicted octanol–water partition coefficient (Wildman–Crippen LogP) is 3.56. The second-order valence-corrected chi connectivity index (χ2v) is 7.89. The number of fused-ring (bicyclic) bond motifs is 2. The third-order valence-corrected chi connectivity index (χ3v) is 5.91. The molecule has 2 aromatic heterocycles. The molecule has 8 heteroatoms. The van der Waals surface area contributed by atoms with Gasteiger partial charge in [0.2, 0.25) is 0 Å². The molecule has 5 rings (SSSR count). The second kappa shape index (κ2) is 7.54. The van der Waals surface area contributed by atoms with Crippen LogP contribution < -0.4 is 0 Å². The van der Waals surface area contributed by atoms with Crippen LogP contribution in [0.2, 0.25) is 0 Å². The average molecular weight is 417 g/mol. The van der Waals surface area contributed by atoms with Gasteiger partial charge in [0.05, 0.1) is 11.3 Å². The molecule has 4 aromatic rings. The van der Waals surface area contributed by atoms with E-state index in [1.54, 1.807) is 27.6 Å². The fraction of sp³-hybridized carbons (Fsp3) is 0.261. The highest BCUT2D eigenvalue weighted by atomic mass is 19.1. The number of amides is 1. The lowest BCUT2D eigenvalue weighted by atomic mass is 9.92. The van der Waals surface area contributed by atoms with Gasteiger partial charge in [-0.15, -0.1) is 0 Å². The summed E-state index contributed by atoms with van der Waals surface area (Å²) in [4.78, 5) is 35.6. The van der Waals surface area contributed by atoms with E-state index in [1.165, 1.54) is 18.5 Å². The number of rotatable bonds is 3. The molecule has 0 aliphatic carbocycles. The fourth-order valence-electron chi connectivity index (χ4n) is 4.46. The molecule has 0 bridgehead atoms. The van der Waals surface area contributed by atoms with Gasteiger partial charge in [0, 0.05) is 30.3 Å². The maximum Gasteiger partial charge on any atom is 0.254 e. The molecule has 2 aromatic carbocycles. The summed E-state index contributed by atoms with van der Waals surface area (Å²) in [5.74, 6) is 0.0503. The number of carbonyl (C=O) groups excluding carboxylic acids is 2. The van der Waals surface area contributed by atoms with Crippen molar-refractivity contribution in [3.63, 3.8) is 0 Å². The van der Waals surface area contributed by atoms with Crippen LogP contribution in [0, 0.1) is 12.7 Å². The minimum absolute atomic E-state index is 0.0813. The number of piperidine rings is 1. The van der Waals surface area contributed by atoms with Gasteiger partial charge in [-0.05, 0) is 54.8 Å². The minimum atomic E-state index is -0.380. The molecule has 0 saturated carbocycles. The van der Waals surface area contributed by atoms with Gasteiger partial charge in [0.25, 0.3) is 11.7 Å². The van der Waals surface area contributed by atoms with E-state index >= 15 is 0 Å². The number of halogens is 1. The van der Waals surface area contributed by atoms with E-state index < -0.39 is 0 Å². The lowest BCUT2D eigenvalue weighted by Gasteiger charge is -2.33. The zero-order valence-electron chi connectivity index (χ0n) is 17.0. The molecule has 0 radical (unpaired) electrons. The first kappa shape index (κ1) is 19.3. The lowest BCUT2D eigenvalue weighted by Crippen LogP contribution is -2.40. The molecule has 1 unspecified atom stereocenters. The Balaban J connectivity index is 1.49. The van der Waals surface area contributed by atoms with Crippen molar-refractivity contribution >= 4 is 28.7 Å². The van der Waals surface area contributed by atoms with E-state index in [4.69, 9.17) is 0 Å². The van der Waals surface area contributed by atoms with Crippen LogP contribution in [0.25, 0.3) is 16.6 Å². The van der Waals surface area contributed by atoms with Crippen LogP contribution in [0.4, 0.5) is 4.39 Å². The van der Waals surface area contributed by atoms with Gasteiger partial charge in [-0.1, -0.05) is 12.1 Å². The first-order valence-corrected chi connectivity index (χ1v) is 10.2. The Labute approximate surface area is 177 Å². The highest BCUT2D eigenvalue weighted by Crippen LogP contribution is 2.30. The number of likely N-dealkylation sites (tertiary alicyclic amines) is 1. The van der Waals surface area contributed by atoms with Crippen LogP contribution in [0.15, 0.2) is 42.7 Å². The van der Waals surface area contributed by atoms with Crippen LogP contribution in [0.3, 0.4) is 0 Å². The Morgan fingerprint density at radius 3 is 2.94 bits per heavy atom. The standard InChI is InChI=1S/C23H20FN5O2/c1-14-9-21(29-23(27-14)25-13-26-29)16-3-2-8-28(11-16)22(31)19-6-4-15-10-17(24)5-7-18(15)20(19)12-30/h4-7,9-10,12-13,16H,2-3,8,11H2,1H3. The highest BCUT2D eigenvalue weighted by Gasteiger charge is 2.29. The maximum atomic E-state index is 13.6. The normalized spacial score (nSPS) is 16.7. The summed E-state index contributed by atoms with van der Waals surface area (Å²) in [5, 5.41) is 5.46. The highest BCUT2D eigenvalue weighted by molar-refractivity contribution is 6.09. The number of aryl methyl sites for hydroxylation is 1. The molecule has 7 nitrogen and oxygen atoms in total. The molecule has 1 aliphatic heterocycles. The molecule has 1 saturated heterocycles. The number of aromatic nitrogens is 4. The number of hydrogen-bond donors (Lipinski definition) is 0. The predicted molar refractivity (Wildman–Crippen MR) is 113 cm³/mol. The smallest absolute Gasteiger partial charge is 0.254 e. The van der Waals surface area contributed by atoms with Crippen molar-refractivity contribution in [3.8, 4) is 0 Å². The van der Waals surface area contributed by atoms with E-state index in [1.807, 2.05) is 13.0 Å². The van der Waals surface area contributed by atoms with Gasteiger partial charge < -0.3 is 4.90 Å². The summed E-state index contributed by atoms with van der Waals surface area (Å²) >= 11 is 0. The first-order chi connectivity index (χ1) is 15.0. The van der Waals surface area contributed by atoms with E-state index in [0.717, 1.165) is 24.2 Å². The Kier molecular flexibility index (Phi) is 4.69. The molecule has 31 heavy (non-hydrogen) atoms. The summed E-state index contributed by atoms with van der Waals surface area (Å²) in [6.45, 7) is 3.04. The monoisotopic (exact) mass is 417 g/mol. The molecular weight excluding hydrogens is 397 g/mol. The van der Waals surface area contributed by atoms with E-state index in [0.29, 0.717) is 47.1 Å². The summed E-state index contributed by atoms with van der Waals surface area (Å²) in [6, 6.07) is 9.50. The molecule has 1 fully saturated rings. The third-order valence-electron chi connectivity index (χ3n) is 5.91. The van der Waals surface area contributed by atoms with Crippen LogP contribution in [0.5, 0.6) is 0 Å². The Bertz CT molecular complexity index is 1330. The zero-order chi connectivity index (χ0) is 21.5. The summed E-state index contributed by atoms with van der Waals surface area (Å²) < 4.78 is 15.3. The topological polar surface area (TPSA) is 80.5 Å². The SMILES string of the molecule is Cc1cc(C2CCCN(C(=O)c3ccc4cc(F)ccc4c3C=O)C2)n2ncnc2n1. The molecule has 1 amide bonds. The number of benzene rings is 2. The van der Waals surface area contributed by atoms with Gasteiger partial charge in [-0.3, -0.25) is 9.59 Å². The Morgan fingerprint density at radius 1 is 1.23 bits per heavy atom. The van der Waals surface area contributed by atoms with Crippen molar-refractivity contribution in [3.05, 3.63) is 71.1 Å². The second-order valence-electron chi connectivity index (χ2n) is 7.89. The number of nitrogens with zero attached hydrogens (tertiary/aromatic N) is 5. The quantitative estimate of drug-likeness (QED) is 0.476. The van der Waals surface area contributed by atoms with Crippen LogP contribution in [0.1, 0.15) is 50.9 Å². The summed E-state index contributed by atoms with van der Waals surface area (Å²) in [5.41, 5.74) is 2.46. The number of aldehydes is 1. The van der Waals surface area contributed by atoms with Gasteiger partial charge in [-0.2, -0.15) is 10.1 Å². The molecule has 1 aliphatic rings. The number of carbonyl (C=O) groups is 2. The van der Waals surface area contributed by atoms with E-state index in [-0.39, 0.29) is 17.6 Å². The summed E-state index contributed by atoms with van der Waals surface area (Å²) in [6.07, 6.45) is 3.91. The van der Waals surface area contributed by atoms with Gasteiger partial charge in [0.15, 0.2) is 6.29 Å². The zero-order valence-corrected chi connectivity index (χ0v) is 17.0. The van der Waals surface area contributed by atoms with E-state index in [2.05, 4.69) is 15.1 Å². The van der Waals surface area contributed by atoms with Crippen molar-refractivity contribution in [2.75, 3.05) is 13.1 Å². The molecule has 0 N–H and O–H groups in total. The molecular formula is C23H20FN5O2. The largest absolute Gasteiger partial charge is 0.338 e. The van der Waals surface area contributed by atoms with Crippen molar-refractivity contribution in [1.82, 2.24) is 24.5 Å². The Morgan fingerprint density at radius 2 is 2.10 bits per heavy atom. The molecule has 1 atom stereocenters. The van der Waals surface area contributed by atoms with Gasteiger partial charge in [-0.25, -0.2) is 13.9 Å². The fourth-order valence-corrected chi connectivity index (χ4v) is 4.46. The van der Waals surface area contributed by atoms with Crippen molar-refractivity contribution < 1.29 is 14.0 Å². The van der Waals surface area contributed by atoms with Crippen molar-refractivity contribution in [2.24, 2.45) is 0 Å². The maximum absolute atomic E-state index is 13.6. The first-order valence-electron chi connectivity index (χ1n) is 10.2. The lowest BCUT2D eigenvalue weighted by molar-refractivity contribution is 0.0703. The average Bonchev–Trinajstić information content (AvgIpc) is 3.25. The van der Waals surface area contributed by atoms with Crippen LogP contribution >= 0.6 is 0 Å². The van der Waals surface area contributed by atoms with Crippen molar-refractivity contribution in [2.45, 2.75) is 25.7 Å². The molecule has 0 spiro atoms. The van der Waals surface area contributed by atoms with Crippen LogP contribution in [-0.2, 0) is 0 Å². The third kappa shape index (κ3) is 3.34. The van der Waals surface area contributed by atoms with Gasteiger partial charge in [0.1, 0.15) is 12.1 Å². The summed E-state index contributed by atoms with van der Waals surface area (Å²) in [7, 11) is 0. The number of hydrogen-bond acceptors (Lipinski definition) is 5. The van der Waals surface area contributed by atoms with Gasteiger partial charge >= 0.3 is 0 Å². The minimum Gasteiger partial charge on any atom is -0.338 e. The molecule has 156 valence electrons. The Hall–Kier alpha value is -3.68.